The molecule has 0 saturated carbocycles. The lowest BCUT2D eigenvalue weighted by atomic mass is 10.1. The van der Waals surface area contributed by atoms with Crippen molar-refractivity contribution >= 4 is 5.91 Å². The summed E-state index contributed by atoms with van der Waals surface area (Å²) in [4.78, 5) is 13.0. The van der Waals surface area contributed by atoms with Crippen molar-refractivity contribution in [1.29, 1.82) is 0 Å². The van der Waals surface area contributed by atoms with Crippen LogP contribution in [-0.4, -0.2) is 23.9 Å². The smallest absolute Gasteiger partial charge is 0.222 e. The van der Waals surface area contributed by atoms with E-state index in [-0.39, 0.29) is 5.91 Å². The van der Waals surface area contributed by atoms with E-state index in [0.29, 0.717) is 12.5 Å². The molecule has 0 rings (SSSR count). The van der Waals surface area contributed by atoms with E-state index < -0.39 is 0 Å². The summed E-state index contributed by atoms with van der Waals surface area (Å²) in [6.45, 7) is 6.13. The molecule has 0 heterocycles. The van der Waals surface area contributed by atoms with Gasteiger partial charge >= 0.3 is 0 Å². The average Bonchev–Trinajstić information content (AvgIpc) is 2.02. The quantitative estimate of drug-likeness (QED) is 0.611. The highest BCUT2D eigenvalue weighted by molar-refractivity contribution is 5.75. The molecule has 0 aromatic rings. The van der Waals surface area contributed by atoms with Crippen LogP contribution in [0.15, 0.2) is 0 Å². The summed E-state index contributed by atoms with van der Waals surface area (Å²) in [6.07, 6.45) is 2.86. The van der Waals surface area contributed by atoms with E-state index in [1.807, 2.05) is 18.9 Å². The Balaban J connectivity index is 3.80. The van der Waals surface area contributed by atoms with E-state index in [2.05, 4.69) is 13.8 Å². The highest BCUT2D eigenvalue weighted by Crippen LogP contribution is 2.04. The van der Waals surface area contributed by atoms with Gasteiger partial charge in [-0.05, 0) is 13.3 Å². The minimum Gasteiger partial charge on any atom is -0.343 e. The van der Waals surface area contributed by atoms with Crippen LogP contribution in [0.5, 0.6) is 0 Å². The predicted molar refractivity (Wildman–Crippen MR) is 47.4 cm³/mol. The normalized spacial score (nSPS) is 12.7. The Morgan fingerprint density at radius 3 is 2.36 bits per heavy atom. The second-order valence-corrected chi connectivity index (χ2v) is 3.00. The first-order valence-electron chi connectivity index (χ1n) is 4.39. The molecule has 0 aromatic carbocycles. The predicted octanol–water partition coefficient (Wildman–Crippen LogP) is 2.04. The second kappa shape index (κ2) is 5.16. The van der Waals surface area contributed by atoms with E-state index in [4.69, 9.17) is 0 Å². The first kappa shape index (κ1) is 10.5. The topological polar surface area (TPSA) is 20.3 Å². The molecule has 0 saturated heterocycles. The number of amides is 1. The number of hydrogen-bond acceptors (Lipinski definition) is 1. The molecule has 0 aliphatic heterocycles. The van der Waals surface area contributed by atoms with Crippen molar-refractivity contribution in [3.05, 3.63) is 0 Å². The van der Waals surface area contributed by atoms with Crippen molar-refractivity contribution in [1.82, 2.24) is 4.90 Å². The minimum atomic E-state index is 0.242. The molecule has 0 fully saturated rings. The molecule has 1 atom stereocenters. The van der Waals surface area contributed by atoms with Crippen molar-refractivity contribution in [2.75, 3.05) is 7.05 Å². The third-order valence-corrected chi connectivity index (χ3v) is 2.06. The van der Waals surface area contributed by atoms with Crippen molar-refractivity contribution in [2.24, 2.45) is 0 Å². The largest absolute Gasteiger partial charge is 0.343 e. The van der Waals surface area contributed by atoms with Gasteiger partial charge in [0.25, 0.3) is 0 Å². The molecule has 66 valence electrons. The molecular weight excluding hydrogens is 138 g/mol. The van der Waals surface area contributed by atoms with Gasteiger partial charge in [0.2, 0.25) is 5.91 Å². The molecule has 0 radical (unpaired) electrons. The maximum Gasteiger partial charge on any atom is 0.222 e. The first-order chi connectivity index (χ1) is 5.13. The maximum absolute atomic E-state index is 11.2. The summed E-state index contributed by atoms with van der Waals surface area (Å²) in [7, 11) is 1.88. The van der Waals surface area contributed by atoms with Gasteiger partial charge < -0.3 is 4.90 Å². The Labute approximate surface area is 69.6 Å². The van der Waals surface area contributed by atoms with Crippen molar-refractivity contribution in [3.8, 4) is 0 Å². The van der Waals surface area contributed by atoms with Gasteiger partial charge in [-0.3, -0.25) is 4.79 Å². The summed E-state index contributed by atoms with van der Waals surface area (Å²) in [6, 6.07) is 0.396. The Morgan fingerprint density at radius 1 is 1.45 bits per heavy atom. The molecule has 0 aliphatic rings. The van der Waals surface area contributed by atoms with E-state index in [1.54, 1.807) is 0 Å². The molecule has 0 aliphatic carbocycles. The van der Waals surface area contributed by atoms with Gasteiger partial charge in [0, 0.05) is 19.5 Å². The zero-order chi connectivity index (χ0) is 8.85. The Kier molecular flexibility index (Phi) is 4.92. The third-order valence-electron chi connectivity index (χ3n) is 2.06. The fourth-order valence-electron chi connectivity index (χ4n) is 1.11. The summed E-state index contributed by atoms with van der Waals surface area (Å²) >= 11 is 0. The van der Waals surface area contributed by atoms with E-state index in [9.17, 15) is 4.79 Å². The van der Waals surface area contributed by atoms with Gasteiger partial charge in [-0.15, -0.1) is 0 Å². The molecule has 1 amide bonds. The minimum absolute atomic E-state index is 0.242. The molecule has 11 heavy (non-hydrogen) atoms. The SMILES string of the molecule is CCCC(C)N(C)C(=O)CC. The monoisotopic (exact) mass is 157 g/mol. The van der Waals surface area contributed by atoms with Gasteiger partial charge in [-0.1, -0.05) is 20.3 Å². The molecule has 2 nitrogen and oxygen atoms in total. The van der Waals surface area contributed by atoms with Gasteiger partial charge in [0.15, 0.2) is 0 Å². The van der Waals surface area contributed by atoms with Crippen LogP contribution in [0.3, 0.4) is 0 Å². The maximum atomic E-state index is 11.2. The van der Waals surface area contributed by atoms with Crippen molar-refractivity contribution in [3.63, 3.8) is 0 Å². The van der Waals surface area contributed by atoms with Crippen LogP contribution >= 0.6 is 0 Å². The highest BCUT2D eigenvalue weighted by atomic mass is 16.2. The molecule has 2 heteroatoms. The molecule has 1 unspecified atom stereocenters. The number of hydrogen-bond donors (Lipinski definition) is 0. The number of rotatable bonds is 4. The standard InChI is InChI=1S/C9H19NO/c1-5-7-8(3)10(4)9(11)6-2/h8H,5-7H2,1-4H3. The molecule has 0 N–H and O–H groups in total. The third kappa shape index (κ3) is 3.40. The fraction of sp³-hybridized carbons (Fsp3) is 0.889. The van der Waals surface area contributed by atoms with Gasteiger partial charge in [0.05, 0.1) is 0 Å². The number of carbonyl (C=O) groups excluding carboxylic acids is 1. The van der Waals surface area contributed by atoms with Crippen molar-refractivity contribution in [2.45, 2.75) is 46.1 Å². The van der Waals surface area contributed by atoms with Crippen LogP contribution in [0.1, 0.15) is 40.0 Å². The zero-order valence-corrected chi connectivity index (χ0v) is 8.05. The number of carbonyl (C=O) groups is 1. The lowest BCUT2D eigenvalue weighted by Crippen LogP contribution is -2.34. The van der Waals surface area contributed by atoms with Gasteiger partial charge in [-0.25, -0.2) is 0 Å². The molecule has 0 bridgehead atoms. The Morgan fingerprint density at radius 2 is 2.00 bits per heavy atom. The highest BCUT2D eigenvalue weighted by Gasteiger charge is 2.11. The average molecular weight is 157 g/mol. The van der Waals surface area contributed by atoms with Crippen molar-refractivity contribution < 1.29 is 4.79 Å². The van der Waals surface area contributed by atoms with E-state index in [1.165, 1.54) is 0 Å². The summed E-state index contributed by atoms with van der Waals surface area (Å²) < 4.78 is 0. The first-order valence-corrected chi connectivity index (χ1v) is 4.39. The molecular formula is C9H19NO. The summed E-state index contributed by atoms with van der Waals surface area (Å²) in [5.41, 5.74) is 0. The molecule has 0 aromatic heterocycles. The zero-order valence-electron chi connectivity index (χ0n) is 8.05. The summed E-state index contributed by atoms with van der Waals surface area (Å²) in [5, 5.41) is 0. The van der Waals surface area contributed by atoms with Crippen LogP contribution in [0.25, 0.3) is 0 Å². The lowest BCUT2D eigenvalue weighted by Gasteiger charge is -2.23. The van der Waals surface area contributed by atoms with Gasteiger partial charge in [-0.2, -0.15) is 0 Å². The Hall–Kier alpha value is -0.530. The number of nitrogens with zero attached hydrogens (tertiary/aromatic N) is 1. The van der Waals surface area contributed by atoms with Crippen LogP contribution in [-0.2, 0) is 4.79 Å². The van der Waals surface area contributed by atoms with Crippen LogP contribution < -0.4 is 0 Å². The molecule has 0 spiro atoms. The lowest BCUT2D eigenvalue weighted by molar-refractivity contribution is -0.131. The fourth-order valence-corrected chi connectivity index (χ4v) is 1.11. The van der Waals surface area contributed by atoms with Gasteiger partial charge in [0.1, 0.15) is 0 Å². The van der Waals surface area contributed by atoms with Crippen LogP contribution in [0.2, 0.25) is 0 Å². The van der Waals surface area contributed by atoms with Crippen LogP contribution in [0.4, 0.5) is 0 Å². The Bertz CT molecular complexity index is 123. The van der Waals surface area contributed by atoms with E-state index in [0.717, 1.165) is 12.8 Å². The van der Waals surface area contributed by atoms with E-state index >= 15 is 0 Å². The van der Waals surface area contributed by atoms with Crippen LogP contribution in [0, 0.1) is 0 Å². The summed E-state index contributed by atoms with van der Waals surface area (Å²) in [5.74, 6) is 0.242. The second-order valence-electron chi connectivity index (χ2n) is 3.00.